The highest BCUT2D eigenvalue weighted by molar-refractivity contribution is 5.94. The Morgan fingerprint density at radius 2 is 2.17 bits per heavy atom. The van der Waals surface area contributed by atoms with E-state index in [9.17, 15) is 13.6 Å². The number of halogens is 2. The topological polar surface area (TPSA) is 68.5 Å². The molecule has 1 aliphatic rings. The normalized spacial score (nSPS) is 13.9. The number of carbonyl (C=O) groups excluding carboxylic acids is 1. The fourth-order valence-electron chi connectivity index (χ4n) is 2.20. The molecule has 122 valence electrons. The van der Waals surface area contributed by atoms with Gasteiger partial charge < -0.3 is 14.2 Å². The van der Waals surface area contributed by atoms with Crippen LogP contribution in [0.1, 0.15) is 40.8 Å². The van der Waals surface area contributed by atoms with Gasteiger partial charge in [0.25, 0.3) is 5.91 Å². The van der Waals surface area contributed by atoms with Crippen molar-refractivity contribution in [2.24, 2.45) is 0 Å². The number of nitrogens with zero attached hydrogens (tertiary/aromatic N) is 3. The zero-order valence-corrected chi connectivity index (χ0v) is 12.7. The largest absolute Gasteiger partial charge is 0.491 e. The predicted octanol–water partition coefficient (Wildman–Crippen LogP) is 2.51. The lowest BCUT2D eigenvalue weighted by atomic mass is 10.1. The quantitative estimate of drug-likeness (QED) is 0.845. The van der Waals surface area contributed by atoms with Crippen molar-refractivity contribution in [1.82, 2.24) is 15.0 Å². The Morgan fingerprint density at radius 1 is 1.43 bits per heavy atom. The zero-order valence-electron chi connectivity index (χ0n) is 12.7. The molecule has 1 aromatic carbocycles. The van der Waals surface area contributed by atoms with Crippen LogP contribution in [0, 0.1) is 11.6 Å². The summed E-state index contributed by atoms with van der Waals surface area (Å²) in [4.78, 5) is 17.8. The molecular formula is C15H15F2N3O3. The molecule has 0 aliphatic heterocycles. The third-order valence-corrected chi connectivity index (χ3v) is 3.63. The number of carbonyl (C=O) groups is 1. The van der Waals surface area contributed by atoms with E-state index in [4.69, 9.17) is 4.52 Å². The van der Waals surface area contributed by atoms with E-state index in [1.807, 2.05) is 0 Å². The first-order valence-corrected chi connectivity index (χ1v) is 7.11. The van der Waals surface area contributed by atoms with Gasteiger partial charge >= 0.3 is 0 Å². The van der Waals surface area contributed by atoms with Gasteiger partial charge in [0.1, 0.15) is 0 Å². The van der Waals surface area contributed by atoms with Gasteiger partial charge in [-0.25, -0.2) is 8.78 Å². The van der Waals surface area contributed by atoms with Crippen LogP contribution in [0.4, 0.5) is 8.78 Å². The Balaban J connectivity index is 1.76. The van der Waals surface area contributed by atoms with E-state index in [0.717, 1.165) is 32.1 Å². The molecule has 2 aromatic rings. The molecule has 0 spiro atoms. The maximum absolute atomic E-state index is 14.1. The Labute approximate surface area is 131 Å². The Hall–Kier alpha value is -2.51. The molecule has 1 fully saturated rings. The van der Waals surface area contributed by atoms with Crippen molar-refractivity contribution in [3.05, 3.63) is 41.0 Å². The molecule has 1 amide bonds. The monoisotopic (exact) mass is 323 g/mol. The van der Waals surface area contributed by atoms with Gasteiger partial charge in [0.05, 0.1) is 19.2 Å². The zero-order chi connectivity index (χ0) is 16.6. The van der Waals surface area contributed by atoms with E-state index in [1.54, 1.807) is 0 Å². The molecule has 8 heteroatoms. The van der Waals surface area contributed by atoms with E-state index < -0.39 is 23.3 Å². The number of ether oxygens (including phenoxy) is 1. The van der Waals surface area contributed by atoms with Crippen molar-refractivity contribution in [2.45, 2.75) is 25.3 Å². The lowest BCUT2D eigenvalue weighted by Crippen LogP contribution is -2.27. The van der Waals surface area contributed by atoms with Crippen LogP contribution in [0.3, 0.4) is 0 Å². The first kappa shape index (κ1) is 15.4. The Kier molecular flexibility index (Phi) is 3.97. The summed E-state index contributed by atoms with van der Waals surface area (Å²) < 4.78 is 37.3. The number of amides is 1. The molecule has 0 bridgehead atoms. The second-order valence-corrected chi connectivity index (χ2v) is 5.42. The molecule has 3 rings (SSSR count). The van der Waals surface area contributed by atoms with Gasteiger partial charge in [-0.1, -0.05) is 5.16 Å². The van der Waals surface area contributed by atoms with Gasteiger partial charge in [0.2, 0.25) is 5.89 Å². The van der Waals surface area contributed by atoms with E-state index in [0.29, 0.717) is 11.7 Å². The summed E-state index contributed by atoms with van der Waals surface area (Å²) in [6.07, 6.45) is 2.07. The number of benzene rings is 1. The summed E-state index contributed by atoms with van der Waals surface area (Å²) in [5, 5.41) is 3.85. The first-order chi connectivity index (χ1) is 11.0. The van der Waals surface area contributed by atoms with Gasteiger partial charge in [-0.3, -0.25) is 4.79 Å². The van der Waals surface area contributed by atoms with E-state index in [1.165, 1.54) is 11.9 Å². The third-order valence-electron chi connectivity index (χ3n) is 3.63. The van der Waals surface area contributed by atoms with Crippen molar-refractivity contribution < 1.29 is 22.8 Å². The van der Waals surface area contributed by atoms with Crippen molar-refractivity contribution in [1.29, 1.82) is 0 Å². The molecule has 0 saturated heterocycles. The van der Waals surface area contributed by atoms with Crippen molar-refractivity contribution in [3.63, 3.8) is 0 Å². The SMILES string of the molecule is COc1c(F)ccc(C(=O)N(C)Cc2nc(C3CC3)no2)c1F. The minimum atomic E-state index is -1.03. The summed E-state index contributed by atoms with van der Waals surface area (Å²) in [5.41, 5.74) is -0.285. The second-order valence-electron chi connectivity index (χ2n) is 5.42. The third kappa shape index (κ3) is 3.01. The molecule has 0 unspecified atom stereocenters. The first-order valence-electron chi connectivity index (χ1n) is 7.11. The second kappa shape index (κ2) is 5.94. The fraction of sp³-hybridized carbons (Fsp3) is 0.400. The summed E-state index contributed by atoms with van der Waals surface area (Å²) in [5.74, 6) is -1.87. The highest BCUT2D eigenvalue weighted by Gasteiger charge is 2.29. The molecule has 1 heterocycles. The smallest absolute Gasteiger partial charge is 0.257 e. The fourth-order valence-corrected chi connectivity index (χ4v) is 2.20. The summed E-state index contributed by atoms with van der Waals surface area (Å²) in [6.45, 7) is 0.0394. The lowest BCUT2D eigenvalue weighted by molar-refractivity contribution is 0.0764. The van der Waals surface area contributed by atoms with Crippen LogP contribution in [0.15, 0.2) is 16.7 Å². The molecule has 23 heavy (non-hydrogen) atoms. The van der Waals surface area contributed by atoms with Gasteiger partial charge in [-0.2, -0.15) is 4.98 Å². The lowest BCUT2D eigenvalue weighted by Gasteiger charge is -2.16. The van der Waals surface area contributed by atoms with Crippen LogP contribution in [-0.4, -0.2) is 35.1 Å². The number of hydrogen-bond acceptors (Lipinski definition) is 5. The summed E-state index contributed by atoms with van der Waals surface area (Å²) >= 11 is 0. The van der Waals surface area contributed by atoms with E-state index in [-0.39, 0.29) is 18.0 Å². The highest BCUT2D eigenvalue weighted by Crippen LogP contribution is 2.38. The molecule has 1 aliphatic carbocycles. The Bertz CT molecular complexity index is 744. The van der Waals surface area contributed by atoms with Gasteiger partial charge in [0, 0.05) is 13.0 Å². The number of rotatable bonds is 5. The van der Waals surface area contributed by atoms with Crippen molar-refractivity contribution in [2.75, 3.05) is 14.2 Å². The van der Waals surface area contributed by atoms with Gasteiger partial charge in [-0.05, 0) is 25.0 Å². The van der Waals surface area contributed by atoms with Crippen LogP contribution >= 0.6 is 0 Å². The number of aromatic nitrogens is 2. The molecule has 1 saturated carbocycles. The molecule has 0 N–H and O–H groups in total. The van der Waals surface area contributed by atoms with E-state index >= 15 is 0 Å². The van der Waals surface area contributed by atoms with Crippen LogP contribution in [-0.2, 0) is 6.54 Å². The standard InChI is InChI=1S/C15H15F2N3O3/c1-20(7-11-18-14(19-23-11)8-3-4-8)15(21)9-5-6-10(16)13(22-2)12(9)17/h5-6,8H,3-4,7H2,1-2H3. The van der Waals surface area contributed by atoms with Crippen LogP contribution in [0.2, 0.25) is 0 Å². The number of methoxy groups -OCH3 is 1. The predicted molar refractivity (Wildman–Crippen MR) is 75.0 cm³/mol. The average Bonchev–Trinajstić information content (AvgIpc) is 3.27. The van der Waals surface area contributed by atoms with E-state index in [2.05, 4.69) is 14.9 Å². The maximum Gasteiger partial charge on any atom is 0.257 e. The molecule has 1 aromatic heterocycles. The van der Waals surface area contributed by atoms with Crippen LogP contribution in [0.5, 0.6) is 5.75 Å². The summed E-state index contributed by atoms with van der Waals surface area (Å²) in [6, 6.07) is 2.07. The summed E-state index contributed by atoms with van der Waals surface area (Å²) in [7, 11) is 2.61. The van der Waals surface area contributed by atoms with Crippen molar-refractivity contribution >= 4 is 5.91 Å². The minimum absolute atomic E-state index is 0.0394. The van der Waals surface area contributed by atoms with Gasteiger partial charge in [-0.15, -0.1) is 0 Å². The molecule has 0 radical (unpaired) electrons. The molecular weight excluding hydrogens is 308 g/mol. The molecule has 0 atom stereocenters. The highest BCUT2D eigenvalue weighted by atomic mass is 19.1. The number of hydrogen-bond donors (Lipinski definition) is 0. The minimum Gasteiger partial charge on any atom is -0.491 e. The molecule has 6 nitrogen and oxygen atoms in total. The van der Waals surface area contributed by atoms with Crippen LogP contribution in [0.25, 0.3) is 0 Å². The Morgan fingerprint density at radius 3 is 2.83 bits per heavy atom. The van der Waals surface area contributed by atoms with Crippen molar-refractivity contribution in [3.8, 4) is 5.75 Å². The van der Waals surface area contributed by atoms with Gasteiger partial charge in [0.15, 0.2) is 23.2 Å². The van der Waals surface area contributed by atoms with Crippen LogP contribution < -0.4 is 4.74 Å². The average molecular weight is 323 g/mol. The maximum atomic E-state index is 14.1.